The minimum absolute atomic E-state index is 0.168. The Hall–Kier alpha value is -2.56. The van der Waals surface area contributed by atoms with Crippen LogP contribution >= 0.6 is 0 Å². The van der Waals surface area contributed by atoms with E-state index in [1.165, 1.54) is 6.92 Å². The molecule has 0 saturated carbocycles. The standard InChI is InChI=1S/C16H17N3O2/c1-4-13(21)18-16-14(11(3)20)10(2)17-15(19-16)12-8-6-5-7-9-12/h5-9H,4H2,1-3H3,(H,17,18,19,21). The minimum atomic E-state index is -0.186. The van der Waals surface area contributed by atoms with Gasteiger partial charge in [0.1, 0.15) is 5.82 Å². The van der Waals surface area contributed by atoms with Gasteiger partial charge in [-0.2, -0.15) is 0 Å². The first-order valence-electron chi connectivity index (χ1n) is 6.77. The number of carbonyl (C=O) groups excluding carboxylic acids is 2. The molecule has 0 atom stereocenters. The lowest BCUT2D eigenvalue weighted by molar-refractivity contribution is -0.115. The van der Waals surface area contributed by atoms with Gasteiger partial charge in [-0.05, 0) is 13.8 Å². The lowest BCUT2D eigenvalue weighted by Crippen LogP contribution is -2.16. The predicted molar refractivity (Wildman–Crippen MR) is 81.1 cm³/mol. The van der Waals surface area contributed by atoms with E-state index in [1.807, 2.05) is 30.3 Å². The molecule has 2 aromatic rings. The second-order valence-electron chi connectivity index (χ2n) is 4.68. The van der Waals surface area contributed by atoms with Gasteiger partial charge in [0.25, 0.3) is 0 Å². The van der Waals surface area contributed by atoms with Crippen LogP contribution in [0.3, 0.4) is 0 Å². The predicted octanol–water partition coefficient (Wildman–Crippen LogP) is 3.00. The van der Waals surface area contributed by atoms with Crippen molar-refractivity contribution in [1.29, 1.82) is 0 Å². The zero-order chi connectivity index (χ0) is 15.4. The van der Waals surface area contributed by atoms with Crippen LogP contribution in [0, 0.1) is 6.92 Å². The molecular weight excluding hydrogens is 266 g/mol. The number of hydrogen-bond donors (Lipinski definition) is 1. The van der Waals surface area contributed by atoms with Crippen molar-refractivity contribution in [3.05, 3.63) is 41.6 Å². The Bertz CT molecular complexity index is 681. The maximum Gasteiger partial charge on any atom is 0.225 e. The molecule has 0 fully saturated rings. The highest BCUT2D eigenvalue weighted by Crippen LogP contribution is 2.22. The van der Waals surface area contributed by atoms with Crippen molar-refractivity contribution in [3.63, 3.8) is 0 Å². The molecule has 2 rings (SSSR count). The van der Waals surface area contributed by atoms with Gasteiger partial charge in [0.05, 0.1) is 11.3 Å². The number of carbonyl (C=O) groups is 2. The number of ketones is 1. The molecule has 21 heavy (non-hydrogen) atoms. The number of aryl methyl sites for hydroxylation is 1. The summed E-state index contributed by atoms with van der Waals surface area (Å²) in [6, 6.07) is 9.44. The first-order valence-corrected chi connectivity index (χ1v) is 6.77. The van der Waals surface area contributed by atoms with Crippen molar-refractivity contribution in [2.24, 2.45) is 0 Å². The summed E-state index contributed by atoms with van der Waals surface area (Å²) in [5.41, 5.74) is 1.75. The summed E-state index contributed by atoms with van der Waals surface area (Å²) in [5.74, 6) is 0.415. The molecule has 5 heteroatoms. The van der Waals surface area contributed by atoms with Crippen LogP contribution in [0.4, 0.5) is 5.82 Å². The number of benzene rings is 1. The Balaban J connectivity index is 2.56. The lowest BCUT2D eigenvalue weighted by atomic mass is 10.1. The van der Waals surface area contributed by atoms with E-state index in [9.17, 15) is 9.59 Å². The summed E-state index contributed by atoms with van der Waals surface area (Å²) in [5, 5.41) is 2.68. The Morgan fingerprint density at radius 3 is 2.38 bits per heavy atom. The summed E-state index contributed by atoms with van der Waals surface area (Å²) in [6.07, 6.45) is 0.321. The van der Waals surface area contributed by atoms with E-state index < -0.39 is 0 Å². The molecule has 1 amide bonds. The molecule has 0 spiro atoms. The van der Waals surface area contributed by atoms with Gasteiger partial charge in [-0.25, -0.2) is 9.97 Å². The topological polar surface area (TPSA) is 72.0 Å². The smallest absolute Gasteiger partial charge is 0.225 e. The van der Waals surface area contributed by atoms with E-state index in [0.717, 1.165) is 5.56 Å². The number of hydrogen-bond acceptors (Lipinski definition) is 4. The number of rotatable bonds is 4. The molecule has 108 valence electrons. The number of aromatic nitrogens is 2. The van der Waals surface area contributed by atoms with Crippen LogP contribution in [-0.2, 0) is 4.79 Å². The minimum Gasteiger partial charge on any atom is -0.310 e. The van der Waals surface area contributed by atoms with Gasteiger partial charge in [-0.15, -0.1) is 0 Å². The number of nitrogens with zero attached hydrogens (tertiary/aromatic N) is 2. The highest BCUT2D eigenvalue weighted by atomic mass is 16.1. The summed E-state index contributed by atoms with van der Waals surface area (Å²) in [6.45, 7) is 4.93. The van der Waals surface area contributed by atoms with Crippen molar-refractivity contribution in [1.82, 2.24) is 9.97 Å². The van der Waals surface area contributed by atoms with Gasteiger partial charge >= 0.3 is 0 Å². The third-order valence-electron chi connectivity index (χ3n) is 3.05. The first-order chi connectivity index (χ1) is 10.0. The molecule has 5 nitrogen and oxygen atoms in total. The first kappa shape index (κ1) is 14.8. The van der Waals surface area contributed by atoms with Gasteiger partial charge in [-0.3, -0.25) is 9.59 Å². The number of anilines is 1. The second-order valence-corrected chi connectivity index (χ2v) is 4.68. The average Bonchev–Trinajstić information content (AvgIpc) is 2.47. The van der Waals surface area contributed by atoms with Crippen molar-refractivity contribution in [2.45, 2.75) is 27.2 Å². The van der Waals surface area contributed by atoms with Crippen LogP contribution in [0.25, 0.3) is 11.4 Å². The molecule has 0 saturated heterocycles. The summed E-state index contributed by atoms with van der Waals surface area (Å²) in [7, 11) is 0. The molecule has 0 aliphatic rings. The molecule has 1 heterocycles. The van der Waals surface area contributed by atoms with Gasteiger partial charge < -0.3 is 5.32 Å². The third kappa shape index (κ3) is 3.31. The van der Waals surface area contributed by atoms with Crippen molar-refractivity contribution in [3.8, 4) is 11.4 Å². The number of Topliss-reactive ketones (excluding diaryl/α,β-unsaturated/α-hetero) is 1. The fourth-order valence-corrected chi connectivity index (χ4v) is 2.02. The van der Waals surface area contributed by atoms with Crippen LogP contribution < -0.4 is 5.32 Å². The zero-order valence-electron chi connectivity index (χ0n) is 12.3. The second kappa shape index (κ2) is 6.26. The van der Waals surface area contributed by atoms with Crippen LogP contribution in [0.2, 0.25) is 0 Å². The van der Waals surface area contributed by atoms with Gasteiger partial charge in [0.15, 0.2) is 11.6 Å². The summed E-state index contributed by atoms with van der Waals surface area (Å²) in [4.78, 5) is 32.1. The van der Waals surface area contributed by atoms with Crippen molar-refractivity contribution < 1.29 is 9.59 Å². The number of nitrogens with one attached hydrogen (secondary N) is 1. The van der Waals surface area contributed by atoms with Crippen LogP contribution in [-0.4, -0.2) is 21.7 Å². The quantitative estimate of drug-likeness (QED) is 0.875. The Labute approximate surface area is 123 Å². The normalized spacial score (nSPS) is 10.2. The SMILES string of the molecule is CCC(=O)Nc1nc(-c2ccccc2)nc(C)c1C(C)=O. The van der Waals surface area contributed by atoms with Crippen LogP contribution in [0.15, 0.2) is 30.3 Å². The monoisotopic (exact) mass is 283 g/mol. The summed E-state index contributed by atoms with van der Waals surface area (Å²) < 4.78 is 0. The third-order valence-corrected chi connectivity index (χ3v) is 3.05. The van der Waals surface area contributed by atoms with E-state index in [0.29, 0.717) is 23.5 Å². The van der Waals surface area contributed by atoms with E-state index >= 15 is 0 Å². The van der Waals surface area contributed by atoms with Crippen molar-refractivity contribution in [2.75, 3.05) is 5.32 Å². The zero-order valence-corrected chi connectivity index (χ0v) is 12.3. The van der Waals surface area contributed by atoms with Gasteiger partial charge in [0.2, 0.25) is 5.91 Å². The highest BCUT2D eigenvalue weighted by Gasteiger charge is 2.17. The molecule has 1 aromatic carbocycles. The van der Waals surface area contributed by atoms with Crippen LogP contribution in [0.1, 0.15) is 36.3 Å². The molecule has 0 bridgehead atoms. The fourth-order valence-electron chi connectivity index (χ4n) is 2.02. The highest BCUT2D eigenvalue weighted by molar-refractivity contribution is 6.03. The van der Waals surface area contributed by atoms with E-state index in [-0.39, 0.29) is 17.5 Å². The maximum absolute atomic E-state index is 11.8. The fraction of sp³-hybridized carbons (Fsp3) is 0.250. The molecular formula is C16H17N3O2. The molecule has 0 aliphatic heterocycles. The molecule has 0 aliphatic carbocycles. The average molecular weight is 283 g/mol. The summed E-state index contributed by atoms with van der Waals surface area (Å²) >= 11 is 0. The number of amides is 1. The largest absolute Gasteiger partial charge is 0.310 e. The van der Waals surface area contributed by atoms with E-state index in [4.69, 9.17) is 0 Å². The molecule has 1 N–H and O–H groups in total. The Morgan fingerprint density at radius 1 is 1.14 bits per heavy atom. The van der Waals surface area contributed by atoms with E-state index in [2.05, 4.69) is 15.3 Å². The molecule has 0 radical (unpaired) electrons. The van der Waals surface area contributed by atoms with Crippen molar-refractivity contribution >= 4 is 17.5 Å². The molecule has 0 unspecified atom stereocenters. The Morgan fingerprint density at radius 2 is 1.81 bits per heavy atom. The van der Waals surface area contributed by atoms with E-state index in [1.54, 1.807) is 13.8 Å². The van der Waals surface area contributed by atoms with Gasteiger partial charge in [0, 0.05) is 12.0 Å². The Kier molecular flexibility index (Phi) is 4.42. The lowest BCUT2D eigenvalue weighted by Gasteiger charge is -2.12. The van der Waals surface area contributed by atoms with Crippen LogP contribution in [0.5, 0.6) is 0 Å². The molecule has 1 aromatic heterocycles. The maximum atomic E-state index is 11.8. The van der Waals surface area contributed by atoms with Gasteiger partial charge in [-0.1, -0.05) is 37.3 Å².